The van der Waals surface area contributed by atoms with Crippen molar-refractivity contribution in [2.75, 3.05) is 0 Å². The summed E-state index contributed by atoms with van der Waals surface area (Å²) in [6.45, 7) is 11.3. The Bertz CT molecular complexity index is 879. The van der Waals surface area contributed by atoms with Crippen molar-refractivity contribution in [1.29, 1.82) is 0 Å². The van der Waals surface area contributed by atoms with Crippen LogP contribution in [0.4, 0.5) is 4.39 Å². The van der Waals surface area contributed by atoms with Crippen LogP contribution in [0.1, 0.15) is 32.7 Å². The van der Waals surface area contributed by atoms with Gasteiger partial charge in [-0.15, -0.1) is 6.58 Å². The Morgan fingerprint density at radius 2 is 1.50 bits per heavy atom. The highest BCUT2D eigenvalue weighted by molar-refractivity contribution is 6.03. The van der Waals surface area contributed by atoms with Crippen molar-refractivity contribution in [2.45, 2.75) is 18.4 Å². The van der Waals surface area contributed by atoms with Gasteiger partial charge in [0, 0.05) is 12.0 Å². The average Bonchev–Trinajstić information content (AvgIpc) is 2.69. The van der Waals surface area contributed by atoms with Crippen molar-refractivity contribution < 1.29 is 19.1 Å². The topological polar surface area (TPSA) is 57.6 Å². The number of carboxylic acids is 1. The molecule has 0 saturated carbocycles. The highest BCUT2D eigenvalue weighted by atomic mass is 19.1. The molecule has 1 N–H and O–H groups in total. The van der Waals surface area contributed by atoms with Crippen molar-refractivity contribution >= 4 is 11.8 Å². The zero-order chi connectivity index (χ0) is 20.7. The van der Waals surface area contributed by atoms with E-state index in [2.05, 4.69) is 19.7 Å². The molecule has 0 amide bonds. The number of hydrogen-bond donors (Lipinski definition) is 1. The minimum absolute atomic E-state index is 0.159. The van der Waals surface area contributed by atoms with Gasteiger partial charge in [0.1, 0.15) is 11.4 Å². The maximum absolute atomic E-state index is 13.5. The molecule has 0 heterocycles. The van der Waals surface area contributed by atoms with Crippen LogP contribution in [0.3, 0.4) is 0 Å². The number of carboxylic acid groups (broad SMARTS) is 1. The minimum Gasteiger partial charge on any atom is -0.478 e. The van der Waals surface area contributed by atoms with Gasteiger partial charge in [0.2, 0.25) is 0 Å². The lowest BCUT2D eigenvalue weighted by Gasteiger charge is -2.40. The summed E-state index contributed by atoms with van der Waals surface area (Å²) in [5.74, 6) is -1.70. The fourth-order valence-electron chi connectivity index (χ4n) is 3.19. The van der Waals surface area contributed by atoms with Gasteiger partial charge in [-0.05, 0) is 60.8 Å². The zero-order valence-corrected chi connectivity index (χ0v) is 15.5. The number of carbonyl (C=O) groups is 2. The molecule has 5 heteroatoms. The SMILES string of the molecule is C=CCC(Cc1ccc(C(=O)O)cc1)(C(=O)c1ccc(F)cc1)N(C=C)C=C. The number of rotatable bonds is 10. The Hall–Kier alpha value is -3.47. The van der Waals surface area contributed by atoms with Gasteiger partial charge in [-0.2, -0.15) is 0 Å². The molecule has 2 aromatic carbocycles. The quantitative estimate of drug-likeness (QED) is 0.473. The molecule has 0 saturated heterocycles. The minimum atomic E-state index is -1.12. The molecule has 144 valence electrons. The van der Waals surface area contributed by atoms with E-state index in [4.69, 9.17) is 5.11 Å². The van der Waals surface area contributed by atoms with Gasteiger partial charge in [-0.3, -0.25) is 4.79 Å². The van der Waals surface area contributed by atoms with Crippen LogP contribution >= 0.6 is 0 Å². The number of nitrogens with zero attached hydrogens (tertiary/aromatic N) is 1. The predicted octanol–water partition coefficient (Wildman–Crippen LogP) is 4.85. The normalized spacial score (nSPS) is 12.5. The molecule has 0 fully saturated rings. The number of ketones is 1. The van der Waals surface area contributed by atoms with E-state index in [1.54, 1.807) is 23.1 Å². The first-order valence-electron chi connectivity index (χ1n) is 8.65. The first-order valence-corrected chi connectivity index (χ1v) is 8.65. The van der Waals surface area contributed by atoms with Crippen LogP contribution in [0, 0.1) is 5.82 Å². The van der Waals surface area contributed by atoms with Gasteiger partial charge in [-0.1, -0.05) is 31.4 Å². The van der Waals surface area contributed by atoms with Gasteiger partial charge in [-0.25, -0.2) is 9.18 Å². The monoisotopic (exact) mass is 379 g/mol. The summed E-state index contributed by atoms with van der Waals surface area (Å²) in [5, 5.41) is 9.08. The predicted molar refractivity (Wildman–Crippen MR) is 108 cm³/mol. The van der Waals surface area contributed by atoms with E-state index in [-0.39, 0.29) is 24.2 Å². The van der Waals surface area contributed by atoms with Gasteiger partial charge in [0.25, 0.3) is 0 Å². The Labute approximate surface area is 163 Å². The second-order valence-corrected chi connectivity index (χ2v) is 6.31. The molecule has 0 aliphatic rings. The Balaban J connectivity index is 2.55. The van der Waals surface area contributed by atoms with Crippen LogP contribution in [0.25, 0.3) is 0 Å². The Morgan fingerprint density at radius 1 is 0.964 bits per heavy atom. The van der Waals surface area contributed by atoms with E-state index in [0.29, 0.717) is 5.56 Å². The number of aromatic carboxylic acids is 1. The molecule has 4 nitrogen and oxygen atoms in total. The number of Topliss-reactive ketones (excluding diaryl/α,β-unsaturated/α-hetero) is 1. The summed E-state index contributed by atoms with van der Waals surface area (Å²) in [6, 6.07) is 11.7. The molecule has 0 bridgehead atoms. The maximum atomic E-state index is 13.5. The summed E-state index contributed by atoms with van der Waals surface area (Å²) in [4.78, 5) is 26.2. The van der Waals surface area contributed by atoms with E-state index in [0.717, 1.165) is 5.56 Å². The lowest BCUT2D eigenvalue weighted by molar-refractivity contribution is 0.0695. The van der Waals surface area contributed by atoms with Gasteiger partial charge < -0.3 is 10.0 Å². The number of halogens is 1. The molecule has 2 rings (SSSR count). The lowest BCUT2D eigenvalue weighted by atomic mass is 9.79. The third kappa shape index (κ3) is 4.26. The molecular weight excluding hydrogens is 357 g/mol. The van der Waals surface area contributed by atoms with Gasteiger partial charge >= 0.3 is 5.97 Å². The molecule has 1 atom stereocenters. The Morgan fingerprint density at radius 3 is 1.96 bits per heavy atom. The first kappa shape index (κ1) is 20.8. The molecule has 0 spiro atoms. The largest absolute Gasteiger partial charge is 0.478 e. The second-order valence-electron chi connectivity index (χ2n) is 6.31. The zero-order valence-electron chi connectivity index (χ0n) is 15.5. The highest BCUT2D eigenvalue weighted by Crippen LogP contribution is 2.31. The van der Waals surface area contributed by atoms with E-state index in [1.165, 1.54) is 48.8 Å². The Kier molecular flexibility index (Phi) is 6.66. The van der Waals surface area contributed by atoms with Crippen molar-refractivity contribution in [3.05, 3.63) is 109 Å². The van der Waals surface area contributed by atoms with Crippen molar-refractivity contribution in [2.24, 2.45) is 0 Å². The number of benzene rings is 2. The van der Waals surface area contributed by atoms with Crippen LogP contribution in [0.15, 0.2) is 86.7 Å². The van der Waals surface area contributed by atoms with Gasteiger partial charge in [0.15, 0.2) is 5.78 Å². The van der Waals surface area contributed by atoms with Crippen molar-refractivity contribution in [3.63, 3.8) is 0 Å². The maximum Gasteiger partial charge on any atom is 0.335 e. The van der Waals surface area contributed by atoms with Crippen LogP contribution in [0.5, 0.6) is 0 Å². The number of carbonyl (C=O) groups excluding carboxylic acids is 1. The van der Waals surface area contributed by atoms with E-state index in [9.17, 15) is 14.0 Å². The lowest BCUT2D eigenvalue weighted by Crippen LogP contribution is -2.51. The van der Waals surface area contributed by atoms with E-state index in [1.807, 2.05) is 0 Å². The third-order valence-electron chi connectivity index (χ3n) is 4.60. The molecule has 0 aliphatic carbocycles. The van der Waals surface area contributed by atoms with Crippen LogP contribution in [-0.4, -0.2) is 27.3 Å². The molecule has 28 heavy (non-hydrogen) atoms. The summed E-state index contributed by atoms with van der Waals surface area (Å²) >= 11 is 0. The fraction of sp³-hybridized carbons (Fsp3) is 0.130. The van der Waals surface area contributed by atoms with Gasteiger partial charge in [0.05, 0.1) is 5.56 Å². The summed E-state index contributed by atoms with van der Waals surface area (Å²) < 4.78 is 13.3. The summed E-state index contributed by atoms with van der Waals surface area (Å²) in [7, 11) is 0. The smallest absolute Gasteiger partial charge is 0.335 e. The molecule has 1 unspecified atom stereocenters. The third-order valence-corrected chi connectivity index (χ3v) is 4.60. The average molecular weight is 379 g/mol. The standard InChI is InChI=1S/C23H22FNO3/c1-4-15-23(25(5-2)6-3,21(26)18-11-13-20(24)14-12-18)16-17-7-9-19(10-8-17)22(27)28/h4-14H,1-3,15-16H2,(H,27,28). The molecule has 0 aliphatic heterocycles. The van der Waals surface area contributed by atoms with E-state index < -0.39 is 17.3 Å². The van der Waals surface area contributed by atoms with Crippen LogP contribution in [0.2, 0.25) is 0 Å². The first-order chi connectivity index (χ1) is 13.4. The fourth-order valence-corrected chi connectivity index (χ4v) is 3.19. The summed E-state index contributed by atoms with van der Waals surface area (Å²) in [6.07, 6.45) is 5.18. The second kappa shape index (κ2) is 8.95. The molecule has 2 aromatic rings. The molecule has 0 radical (unpaired) electrons. The summed E-state index contributed by atoms with van der Waals surface area (Å²) in [5.41, 5.74) is 0.149. The molecule has 0 aromatic heterocycles. The molecular formula is C23H22FNO3. The van der Waals surface area contributed by atoms with Crippen LogP contribution < -0.4 is 0 Å². The highest BCUT2D eigenvalue weighted by Gasteiger charge is 2.41. The van der Waals surface area contributed by atoms with Crippen molar-refractivity contribution in [3.8, 4) is 0 Å². The van der Waals surface area contributed by atoms with Crippen molar-refractivity contribution in [1.82, 2.24) is 4.90 Å². The van der Waals surface area contributed by atoms with E-state index >= 15 is 0 Å². The van der Waals surface area contributed by atoms with Crippen LogP contribution in [-0.2, 0) is 6.42 Å². The number of hydrogen-bond acceptors (Lipinski definition) is 3.